The van der Waals surface area contributed by atoms with Gasteiger partial charge in [0.25, 0.3) is 0 Å². The minimum atomic E-state index is 0.678. The molecule has 20 heavy (non-hydrogen) atoms. The zero-order chi connectivity index (χ0) is 14.7. The minimum Gasteiger partial charge on any atom is -0.383 e. The summed E-state index contributed by atoms with van der Waals surface area (Å²) in [6.45, 7) is 9.57. The van der Waals surface area contributed by atoms with Crippen LogP contribution >= 0.6 is 0 Å². The first-order valence-corrected chi connectivity index (χ1v) is 7.44. The molecule has 0 saturated heterocycles. The number of nitrogens with zero attached hydrogens (tertiary/aromatic N) is 2. The van der Waals surface area contributed by atoms with Gasteiger partial charge >= 0.3 is 0 Å². The molecule has 3 heteroatoms. The number of hydrogen-bond acceptors (Lipinski definition) is 2. The van der Waals surface area contributed by atoms with Crippen molar-refractivity contribution in [3.8, 4) is 11.3 Å². The van der Waals surface area contributed by atoms with Crippen molar-refractivity contribution in [2.75, 3.05) is 5.73 Å². The van der Waals surface area contributed by atoms with Crippen LogP contribution < -0.4 is 5.73 Å². The fourth-order valence-electron chi connectivity index (χ4n) is 2.57. The highest BCUT2D eigenvalue weighted by atomic mass is 15.1. The Kier molecular flexibility index (Phi) is 4.48. The predicted octanol–water partition coefficient (Wildman–Crippen LogP) is 4.05. The van der Waals surface area contributed by atoms with Gasteiger partial charge in [-0.3, -0.25) is 0 Å². The third-order valence-corrected chi connectivity index (χ3v) is 3.52. The van der Waals surface area contributed by atoms with Gasteiger partial charge in [0.2, 0.25) is 0 Å². The van der Waals surface area contributed by atoms with Crippen LogP contribution in [0.3, 0.4) is 0 Å². The monoisotopic (exact) mass is 271 g/mol. The summed E-state index contributed by atoms with van der Waals surface area (Å²) in [6.07, 6.45) is 2.17. The molecular weight excluding hydrogens is 246 g/mol. The van der Waals surface area contributed by atoms with Crippen LogP contribution in [-0.4, -0.2) is 9.55 Å². The first kappa shape index (κ1) is 14.6. The second-order valence-electron chi connectivity index (χ2n) is 5.84. The van der Waals surface area contributed by atoms with E-state index in [4.69, 9.17) is 5.73 Å². The Hall–Kier alpha value is -1.77. The third kappa shape index (κ3) is 3.03. The zero-order valence-electron chi connectivity index (χ0n) is 13.0. The van der Waals surface area contributed by atoms with Crippen molar-refractivity contribution in [2.24, 2.45) is 5.92 Å². The van der Waals surface area contributed by atoms with Crippen LogP contribution in [0.25, 0.3) is 11.3 Å². The first-order valence-electron chi connectivity index (χ1n) is 7.44. The molecule has 3 nitrogen and oxygen atoms in total. The van der Waals surface area contributed by atoms with E-state index in [2.05, 4.69) is 54.6 Å². The van der Waals surface area contributed by atoms with E-state index in [0.29, 0.717) is 5.92 Å². The van der Waals surface area contributed by atoms with Crippen LogP contribution in [0.4, 0.5) is 5.82 Å². The Morgan fingerprint density at radius 2 is 1.85 bits per heavy atom. The number of aryl methyl sites for hydroxylation is 1. The molecule has 2 N–H and O–H groups in total. The summed E-state index contributed by atoms with van der Waals surface area (Å²) in [7, 11) is 0. The van der Waals surface area contributed by atoms with Crippen molar-refractivity contribution in [2.45, 2.75) is 47.1 Å². The lowest BCUT2D eigenvalue weighted by atomic mass is 10.0. The maximum absolute atomic E-state index is 6.24. The van der Waals surface area contributed by atoms with Crippen molar-refractivity contribution in [3.63, 3.8) is 0 Å². The molecule has 0 amide bonds. The molecule has 0 aliphatic heterocycles. The Bertz CT molecular complexity index is 565. The lowest BCUT2D eigenvalue weighted by Gasteiger charge is -2.07. The van der Waals surface area contributed by atoms with E-state index in [0.717, 1.165) is 42.3 Å². The number of nitrogen functional groups attached to an aromatic ring is 1. The lowest BCUT2D eigenvalue weighted by Crippen LogP contribution is -2.04. The topological polar surface area (TPSA) is 43.8 Å². The summed E-state index contributed by atoms with van der Waals surface area (Å²) in [6, 6.07) is 8.63. The summed E-state index contributed by atoms with van der Waals surface area (Å²) in [5.41, 5.74) is 9.62. The van der Waals surface area contributed by atoms with E-state index >= 15 is 0 Å². The van der Waals surface area contributed by atoms with E-state index in [1.807, 2.05) is 6.92 Å². The molecule has 0 unspecified atom stereocenters. The SMILES string of the molecule is CCCn1c(C)nc(-c2ccc(CC(C)C)cc2)c1N. The number of aromatic nitrogens is 2. The van der Waals surface area contributed by atoms with Crippen molar-refractivity contribution >= 4 is 5.82 Å². The minimum absolute atomic E-state index is 0.678. The van der Waals surface area contributed by atoms with Crippen molar-refractivity contribution in [1.82, 2.24) is 9.55 Å². The molecule has 0 spiro atoms. The number of nitrogens with two attached hydrogens (primary N) is 1. The van der Waals surface area contributed by atoms with Gasteiger partial charge in [-0.05, 0) is 31.2 Å². The van der Waals surface area contributed by atoms with Gasteiger partial charge in [0, 0.05) is 12.1 Å². The van der Waals surface area contributed by atoms with E-state index in [1.54, 1.807) is 0 Å². The van der Waals surface area contributed by atoms with Gasteiger partial charge in [0.15, 0.2) is 0 Å². The number of hydrogen-bond donors (Lipinski definition) is 1. The summed E-state index contributed by atoms with van der Waals surface area (Å²) >= 11 is 0. The summed E-state index contributed by atoms with van der Waals surface area (Å²) in [5.74, 6) is 2.45. The Morgan fingerprint density at radius 1 is 1.20 bits per heavy atom. The first-order chi connectivity index (χ1) is 9.52. The molecule has 2 rings (SSSR count). The van der Waals surface area contributed by atoms with Gasteiger partial charge < -0.3 is 10.3 Å². The number of benzene rings is 1. The lowest BCUT2D eigenvalue weighted by molar-refractivity contribution is 0.647. The normalized spacial score (nSPS) is 11.2. The van der Waals surface area contributed by atoms with Crippen LogP contribution in [0.5, 0.6) is 0 Å². The highest BCUT2D eigenvalue weighted by Gasteiger charge is 2.13. The number of imidazole rings is 1. The quantitative estimate of drug-likeness (QED) is 0.891. The molecule has 0 aliphatic rings. The summed E-state index contributed by atoms with van der Waals surface area (Å²) in [5, 5.41) is 0. The molecule has 0 aliphatic carbocycles. The molecule has 0 atom stereocenters. The Morgan fingerprint density at radius 3 is 2.40 bits per heavy atom. The molecule has 0 fully saturated rings. The van der Waals surface area contributed by atoms with Gasteiger partial charge in [-0.15, -0.1) is 0 Å². The number of rotatable bonds is 5. The summed E-state index contributed by atoms with van der Waals surface area (Å²) < 4.78 is 2.09. The standard InChI is InChI=1S/C17H25N3/c1-5-10-20-13(4)19-16(17(20)18)15-8-6-14(7-9-15)11-12(2)3/h6-9,12H,5,10-11,18H2,1-4H3. The van der Waals surface area contributed by atoms with E-state index in [-0.39, 0.29) is 0 Å². The molecule has 0 saturated carbocycles. The van der Waals surface area contributed by atoms with Gasteiger partial charge in [0.1, 0.15) is 17.3 Å². The molecular formula is C17H25N3. The molecule has 1 aromatic heterocycles. The fraction of sp³-hybridized carbons (Fsp3) is 0.471. The number of anilines is 1. The largest absolute Gasteiger partial charge is 0.383 e. The molecule has 2 aromatic rings. The maximum Gasteiger partial charge on any atom is 0.131 e. The molecule has 1 heterocycles. The van der Waals surface area contributed by atoms with E-state index in [9.17, 15) is 0 Å². The van der Waals surface area contributed by atoms with E-state index < -0.39 is 0 Å². The Balaban J connectivity index is 2.30. The average molecular weight is 271 g/mol. The second-order valence-corrected chi connectivity index (χ2v) is 5.84. The van der Waals surface area contributed by atoms with Gasteiger partial charge in [-0.25, -0.2) is 4.98 Å². The van der Waals surface area contributed by atoms with Crippen molar-refractivity contribution in [3.05, 3.63) is 35.7 Å². The van der Waals surface area contributed by atoms with Crippen molar-refractivity contribution in [1.29, 1.82) is 0 Å². The molecule has 108 valence electrons. The van der Waals surface area contributed by atoms with Crippen LogP contribution in [0.15, 0.2) is 24.3 Å². The molecule has 1 aromatic carbocycles. The van der Waals surface area contributed by atoms with Crippen LogP contribution in [0.2, 0.25) is 0 Å². The highest BCUT2D eigenvalue weighted by Crippen LogP contribution is 2.27. The Labute approximate surface area is 121 Å². The smallest absolute Gasteiger partial charge is 0.131 e. The van der Waals surface area contributed by atoms with Crippen LogP contribution in [0.1, 0.15) is 38.6 Å². The van der Waals surface area contributed by atoms with Gasteiger partial charge in [-0.2, -0.15) is 0 Å². The predicted molar refractivity (Wildman–Crippen MR) is 85.6 cm³/mol. The van der Waals surface area contributed by atoms with E-state index in [1.165, 1.54) is 5.56 Å². The average Bonchev–Trinajstić information content (AvgIpc) is 2.67. The van der Waals surface area contributed by atoms with Crippen LogP contribution in [0, 0.1) is 12.8 Å². The molecule has 0 bridgehead atoms. The summed E-state index contributed by atoms with van der Waals surface area (Å²) in [4.78, 5) is 4.63. The zero-order valence-corrected chi connectivity index (χ0v) is 13.0. The van der Waals surface area contributed by atoms with Crippen molar-refractivity contribution < 1.29 is 0 Å². The van der Waals surface area contributed by atoms with Crippen LogP contribution in [-0.2, 0) is 13.0 Å². The maximum atomic E-state index is 6.24. The fourth-order valence-corrected chi connectivity index (χ4v) is 2.57. The highest BCUT2D eigenvalue weighted by molar-refractivity contribution is 5.71. The second kappa shape index (κ2) is 6.12. The molecule has 0 radical (unpaired) electrons. The third-order valence-electron chi connectivity index (χ3n) is 3.52. The van der Waals surface area contributed by atoms with Gasteiger partial charge in [0.05, 0.1) is 0 Å². The van der Waals surface area contributed by atoms with Gasteiger partial charge in [-0.1, -0.05) is 45.0 Å².